The van der Waals surface area contributed by atoms with Gasteiger partial charge in [-0.25, -0.2) is 0 Å². The number of aliphatic imine (C=N–C) groups is 2. The van der Waals surface area contributed by atoms with Crippen molar-refractivity contribution in [2.75, 3.05) is 13.1 Å². The predicted octanol–water partition coefficient (Wildman–Crippen LogP) is 10.9. The van der Waals surface area contributed by atoms with Crippen LogP contribution in [0.25, 0.3) is 0 Å². The second kappa shape index (κ2) is 15.6. The molecule has 0 bridgehead atoms. The van der Waals surface area contributed by atoms with Gasteiger partial charge in [0.05, 0.1) is 13.1 Å². The molecular formula is C40H64N2O2. The Kier molecular flexibility index (Phi) is 13.3. The average molecular weight is 605 g/mol. The molecule has 0 aliphatic heterocycles. The lowest BCUT2D eigenvalue weighted by molar-refractivity contribution is 0.391. The van der Waals surface area contributed by atoms with Crippen LogP contribution in [0.5, 0.6) is 11.5 Å². The number of nitrogens with zero attached hydrogens (tertiary/aromatic N) is 2. The summed E-state index contributed by atoms with van der Waals surface area (Å²) in [6, 6.07) is 8.75. The van der Waals surface area contributed by atoms with Gasteiger partial charge in [-0.2, -0.15) is 0 Å². The maximum Gasteiger partial charge on any atom is 0.128 e. The fraction of sp³-hybridized carbons (Fsp3) is 0.650. The number of benzene rings is 2. The van der Waals surface area contributed by atoms with Crippen LogP contribution in [-0.4, -0.2) is 35.7 Å². The molecule has 0 unspecified atom stereocenters. The smallest absolute Gasteiger partial charge is 0.128 e. The van der Waals surface area contributed by atoms with E-state index in [9.17, 15) is 10.2 Å². The number of hydrogen-bond acceptors (Lipinski definition) is 4. The summed E-state index contributed by atoms with van der Waals surface area (Å²) >= 11 is 0. The molecule has 0 fully saturated rings. The van der Waals surface area contributed by atoms with Crippen LogP contribution in [0.1, 0.15) is 168 Å². The van der Waals surface area contributed by atoms with Gasteiger partial charge in [0, 0.05) is 34.7 Å². The molecule has 2 aromatic carbocycles. The molecule has 2 aromatic rings. The lowest BCUT2D eigenvalue weighted by Crippen LogP contribution is -2.24. The van der Waals surface area contributed by atoms with E-state index in [1.165, 1.54) is 11.1 Å². The minimum absolute atomic E-state index is 0.0460. The van der Waals surface area contributed by atoms with Crippen molar-refractivity contribution in [1.29, 1.82) is 0 Å². The minimum atomic E-state index is -0.0952. The molecule has 246 valence electrons. The highest BCUT2D eigenvalue weighted by atomic mass is 16.3. The third-order valence-corrected chi connectivity index (χ3v) is 12.0. The molecule has 0 saturated heterocycles. The molecule has 44 heavy (non-hydrogen) atoms. The summed E-state index contributed by atoms with van der Waals surface area (Å²) in [5.74, 6) is 0.696. The van der Waals surface area contributed by atoms with Crippen molar-refractivity contribution in [3.63, 3.8) is 0 Å². The van der Waals surface area contributed by atoms with E-state index in [0.717, 1.165) is 73.6 Å². The average Bonchev–Trinajstić information content (AvgIpc) is 3.05. The molecule has 0 amide bonds. The Morgan fingerprint density at radius 3 is 1.00 bits per heavy atom. The van der Waals surface area contributed by atoms with Crippen molar-refractivity contribution < 1.29 is 10.2 Å². The van der Waals surface area contributed by atoms with Gasteiger partial charge in [0.1, 0.15) is 11.5 Å². The van der Waals surface area contributed by atoms with Crippen molar-refractivity contribution in [3.05, 3.63) is 57.6 Å². The molecule has 0 heterocycles. The topological polar surface area (TPSA) is 65.2 Å². The van der Waals surface area contributed by atoms with Crippen LogP contribution in [0.2, 0.25) is 0 Å². The van der Waals surface area contributed by atoms with Crippen molar-refractivity contribution in [2.45, 2.75) is 156 Å². The Bertz CT molecular complexity index is 1170. The first-order valence-corrected chi connectivity index (χ1v) is 17.5. The van der Waals surface area contributed by atoms with Gasteiger partial charge in [-0.1, -0.05) is 95.2 Å². The fourth-order valence-corrected chi connectivity index (χ4v) is 6.15. The Hall–Kier alpha value is -2.62. The van der Waals surface area contributed by atoms with E-state index >= 15 is 0 Å². The highest BCUT2D eigenvalue weighted by Gasteiger charge is 2.32. The van der Waals surface area contributed by atoms with E-state index in [-0.39, 0.29) is 21.7 Å². The first kappa shape index (κ1) is 37.6. The van der Waals surface area contributed by atoms with Gasteiger partial charge in [-0.3, -0.25) is 9.98 Å². The molecule has 2 N–H and O–H groups in total. The zero-order valence-corrected chi connectivity index (χ0v) is 30.3. The van der Waals surface area contributed by atoms with Gasteiger partial charge >= 0.3 is 0 Å². The van der Waals surface area contributed by atoms with E-state index in [2.05, 4.69) is 107 Å². The number of hydrogen-bond donors (Lipinski definition) is 2. The first-order valence-electron chi connectivity index (χ1n) is 17.5. The van der Waals surface area contributed by atoms with E-state index in [0.29, 0.717) is 24.6 Å². The summed E-state index contributed by atoms with van der Waals surface area (Å²) in [7, 11) is 0. The van der Waals surface area contributed by atoms with Crippen molar-refractivity contribution in [1.82, 2.24) is 0 Å². The standard InChI is InChI=1S/C40H64N2O2/c1-13-37(9,14-2)31-23-29(35(43)33(25-31)39(11,17-5)18-6)27-41-21-22-42-28-30-24-32(38(10,15-3)16-4)26-34(36(30)44)40(12,19-7)20-8/h23-28,43-44H,13-22H2,1-12H3. The van der Waals surface area contributed by atoms with Gasteiger partial charge in [0.15, 0.2) is 0 Å². The molecule has 4 nitrogen and oxygen atoms in total. The van der Waals surface area contributed by atoms with Gasteiger partial charge in [-0.05, 0) is 96.3 Å². The Labute approximate surface area is 270 Å². The van der Waals surface area contributed by atoms with Gasteiger partial charge in [0.2, 0.25) is 0 Å². The molecule has 0 aromatic heterocycles. The van der Waals surface area contributed by atoms with Crippen LogP contribution in [0, 0.1) is 0 Å². The molecule has 4 heteroatoms. The Morgan fingerprint density at radius 2 is 0.750 bits per heavy atom. The molecule has 0 atom stereocenters. The van der Waals surface area contributed by atoms with Gasteiger partial charge in [0.25, 0.3) is 0 Å². The fourth-order valence-electron chi connectivity index (χ4n) is 6.15. The summed E-state index contributed by atoms with van der Waals surface area (Å²) in [5.41, 5.74) is 6.06. The van der Waals surface area contributed by atoms with Crippen LogP contribution in [0.15, 0.2) is 34.3 Å². The lowest BCUT2D eigenvalue weighted by atomic mass is 9.71. The number of rotatable bonds is 17. The summed E-state index contributed by atoms with van der Waals surface area (Å²) in [6.07, 6.45) is 11.6. The Balaban J connectivity index is 2.44. The second-order valence-corrected chi connectivity index (χ2v) is 14.1. The third-order valence-electron chi connectivity index (χ3n) is 12.0. The Morgan fingerprint density at radius 1 is 0.477 bits per heavy atom. The normalized spacial score (nSPS) is 13.5. The lowest BCUT2D eigenvalue weighted by Gasteiger charge is -2.33. The maximum absolute atomic E-state index is 11.4. The van der Waals surface area contributed by atoms with E-state index < -0.39 is 0 Å². The van der Waals surface area contributed by atoms with Crippen LogP contribution in [0.3, 0.4) is 0 Å². The molecule has 0 spiro atoms. The van der Waals surface area contributed by atoms with Crippen LogP contribution in [-0.2, 0) is 21.7 Å². The van der Waals surface area contributed by atoms with Crippen LogP contribution >= 0.6 is 0 Å². The van der Waals surface area contributed by atoms with Gasteiger partial charge in [-0.15, -0.1) is 0 Å². The number of aromatic hydroxyl groups is 2. The third kappa shape index (κ3) is 7.77. The quantitative estimate of drug-likeness (QED) is 0.139. The SMILES string of the molecule is CCC(C)(CC)c1cc(C=NCCN=Cc2cc(C(C)(CC)CC)cc(C(C)(CC)CC)c2O)c(O)c(C(C)(CC)CC)c1. The highest BCUT2D eigenvalue weighted by molar-refractivity contribution is 5.86. The summed E-state index contributed by atoms with van der Waals surface area (Å²) in [6.45, 7) is 27.9. The maximum atomic E-state index is 11.4. The number of phenolic OH excluding ortho intramolecular Hbond substituents is 2. The predicted molar refractivity (Wildman–Crippen MR) is 193 cm³/mol. The van der Waals surface area contributed by atoms with Crippen LogP contribution < -0.4 is 0 Å². The minimum Gasteiger partial charge on any atom is -0.507 e. The summed E-state index contributed by atoms with van der Waals surface area (Å²) < 4.78 is 0. The highest BCUT2D eigenvalue weighted by Crippen LogP contribution is 2.44. The first-order chi connectivity index (χ1) is 20.7. The molecule has 0 aliphatic carbocycles. The summed E-state index contributed by atoms with van der Waals surface area (Å²) in [5, 5.41) is 22.8. The van der Waals surface area contributed by atoms with Crippen molar-refractivity contribution in [3.8, 4) is 11.5 Å². The van der Waals surface area contributed by atoms with Crippen molar-refractivity contribution in [2.24, 2.45) is 9.98 Å². The van der Waals surface area contributed by atoms with E-state index in [1.807, 2.05) is 12.4 Å². The molecular weight excluding hydrogens is 540 g/mol. The van der Waals surface area contributed by atoms with E-state index in [4.69, 9.17) is 9.98 Å². The molecule has 0 aliphatic rings. The van der Waals surface area contributed by atoms with E-state index in [1.54, 1.807) is 0 Å². The molecule has 0 radical (unpaired) electrons. The zero-order chi connectivity index (χ0) is 33.3. The van der Waals surface area contributed by atoms with Gasteiger partial charge < -0.3 is 10.2 Å². The molecule has 2 rings (SSSR count). The second-order valence-electron chi connectivity index (χ2n) is 14.1. The zero-order valence-electron chi connectivity index (χ0n) is 30.3. The number of phenols is 2. The molecule has 0 saturated carbocycles. The largest absolute Gasteiger partial charge is 0.507 e. The van der Waals surface area contributed by atoms with Crippen molar-refractivity contribution >= 4 is 12.4 Å². The van der Waals surface area contributed by atoms with Crippen LogP contribution in [0.4, 0.5) is 0 Å². The monoisotopic (exact) mass is 604 g/mol. The summed E-state index contributed by atoms with van der Waals surface area (Å²) in [4.78, 5) is 9.42.